The smallest absolute Gasteiger partial charge is 0.252 e. The first-order valence-corrected chi connectivity index (χ1v) is 6.95. The van der Waals surface area contributed by atoms with Crippen LogP contribution in [0.4, 0.5) is 0 Å². The van der Waals surface area contributed by atoms with Crippen molar-refractivity contribution in [2.75, 3.05) is 20.7 Å². The third-order valence-electron chi connectivity index (χ3n) is 2.75. The zero-order chi connectivity index (χ0) is 13.7. The molecule has 6 nitrogen and oxygen atoms in total. The molecule has 0 saturated heterocycles. The molecule has 104 valence electrons. The van der Waals surface area contributed by atoms with Crippen molar-refractivity contribution in [1.29, 1.82) is 0 Å². The number of rotatable bonds is 7. The van der Waals surface area contributed by atoms with Crippen molar-refractivity contribution in [3.63, 3.8) is 0 Å². The Kier molecular flexibility index (Phi) is 5.00. The first kappa shape index (κ1) is 14.1. The van der Waals surface area contributed by atoms with Gasteiger partial charge in [0.05, 0.1) is 17.7 Å². The topological polar surface area (TPSA) is 64.3 Å². The molecule has 2 aromatic heterocycles. The molecule has 0 spiro atoms. The SMILES string of the molecule is COCc1nc(CN(C)CCc2scnc2C)no1. The fourth-order valence-electron chi connectivity index (χ4n) is 1.72. The molecule has 0 aliphatic heterocycles. The van der Waals surface area contributed by atoms with Gasteiger partial charge in [-0.25, -0.2) is 4.98 Å². The summed E-state index contributed by atoms with van der Waals surface area (Å²) in [4.78, 5) is 12.0. The fraction of sp³-hybridized carbons (Fsp3) is 0.583. The molecular weight excluding hydrogens is 264 g/mol. The van der Waals surface area contributed by atoms with E-state index in [2.05, 4.69) is 20.0 Å². The maximum atomic E-state index is 5.05. The van der Waals surface area contributed by atoms with E-state index in [9.17, 15) is 0 Å². The molecule has 0 saturated carbocycles. The fourth-order valence-corrected chi connectivity index (χ4v) is 2.49. The highest BCUT2D eigenvalue weighted by molar-refractivity contribution is 7.09. The molecule has 19 heavy (non-hydrogen) atoms. The maximum Gasteiger partial charge on any atom is 0.252 e. The van der Waals surface area contributed by atoms with E-state index in [1.54, 1.807) is 18.4 Å². The van der Waals surface area contributed by atoms with Gasteiger partial charge in [-0.1, -0.05) is 5.16 Å². The lowest BCUT2D eigenvalue weighted by Crippen LogP contribution is -2.21. The minimum absolute atomic E-state index is 0.358. The van der Waals surface area contributed by atoms with Crippen molar-refractivity contribution in [2.45, 2.75) is 26.5 Å². The third kappa shape index (κ3) is 4.09. The van der Waals surface area contributed by atoms with Crippen LogP contribution < -0.4 is 0 Å². The van der Waals surface area contributed by atoms with Crippen LogP contribution in [-0.2, 0) is 24.3 Å². The minimum Gasteiger partial charge on any atom is -0.375 e. The highest BCUT2D eigenvalue weighted by Crippen LogP contribution is 2.13. The molecule has 2 heterocycles. The Morgan fingerprint density at radius 1 is 1.47 bits per heavy atom. The second kappa shape index (κ2) is 6.74. The first-order chi connectivity index (χ1) is 9.19. The second-order valence-corrected chi connectivity index (χ2v) is 5.33. The zero-order valence-electron chi connectivity index (χ0n) is 11.4. The summed E-state index contributed by atoms with van der Waals surface area (Å²) in [7, 11) is 3.65. The zero-order valence-corrected chi connectivity index (χ0v) is 12.2. The predicted octanol–water partition coefficient (Wildman–Crippen LogP) is 1.66. The van der Waals surface area contributed by atoms with E-state index in [0.29, 0.717) is 24.9 Å². The quantitative estimate of drug-likeness (QED) is 0.769. The van der Waals surface area contributed by atoms with Gasteiger partial charge in [0, 0.05) is 18.5 Å². The Hall–Kier alpha value is -1.31. The largest absolute Gasteiger partial charge is 0.375 e. The third-order valence-corrected chi connectivity index (χ3v) is 3.75. The Bertz CT molecular complexity index is 511. The highest BCUT2D eigenvalue weighted by Gasteiger charge is 2.09. The molecule has 0 unspecified atom stereocenters. The van der Waals surface area contributed by atoms with Crippen LogP contribution in [0.5, 0.6) is 0 Å². The summed E-state index contributed by atoms with van der Waals surface area (Å²) in [5.41, 5.74) is 3.02. The number of aromatic nitrogens is 3. The van der Waals surface area contributed by atoms with Gasteiger partial charge >= 0.3 is 0 Å². The van der Waals surface area contributed by atoms with Crippen molar-refractivity contribution < 1.29 is 9.26 Å². The Morgan fingerprint density at radius 3 is 3.00 bits per heavy atom. The summed E-state index contributed by atoms with van der Waals surface area (Å²) in [6, 6.07) is 0. The van der Waals surface area contributed by atoms with Gasteiger partial charge in [-0.2, -0.15) is 4.98 Å². The van der Waals surface area contributed by atoms with Crippen molar-refractivity contribution in [1.82, 2.24) is 20.0 Å². The van der Waals surface area contributed by atoms with E-state index in [1.165, 1.54) is 4.88 Å². The molecule has 0 fully saturated rings. The van der Waals surface area contributed by atoms with Gasteiger partial charge in [-0.3, -0.25) is 4.90 Å². The van der Waals surface area contributed by atoms with E-state index in [4.69, 9.17) is 9.26 Å². The minimum atomic E-state index is 0.358. The molecule has 0 atom stereocenters. The number of nitrogens with zero attached hydrogens (tertiary/aromatic N) is 4. The van der Waals surface area contributed by atoms with Crippen molar-refractivity contribution >= 4 is 11.3 Å². The lowest BCUT2D eigenvalue weighted by molar-refractivity contribution is 0.151. The van der Waals surface area contributed by atoms with E-state index in [-0.39, 0.29) is 0 Å². The lowest BCUT2D eigenvalue weighted by Gasteiger charge is -2.13. The summed E-state index contributed by atoms with van der Waals surface area (Å²) in [6.07, 6.45) is 0.996. The molecule has 0 N–H and O–H groups in total. The average Bonchev–Trinajstić information content (AvgIpc) is 2.97. The number of methoxy groups -OCH3 is 1. The first-order valence-electron chi connectivity index (χ1n) is 6.07. The molecule has 0 aliphatic rings. The number of likely N-dealkylation sites (N-methyl/N-ethyl adjacent to an activating group) is 1. The molecule has 0 amide bonds. The van der Waals surface area contributed by atoms with Crippen LogP contribution in [0.15, 0.2) is 10.0 Å². The average molecular weight is 282 g/mol. The monoisotopic (exact) mass is 282 g/mol. The number of aryl methyl sites for hydroxylation is 1. The van der Waals surface area contributed by atoms with E-state index in [1.807, 2.05) is 19.5 Å². The van der Waals surface area contributed by atoms with Crippen LogP contribution in [0.2, 0.25) is 0 Å². The highest BCUT2D eigenvalue weighted by atomic mass is 32.1. The van der Waals surface area contributed by atoms with Crippen LogP contribution in [0, 0.1) is 6.92 Å². The maximum absolute atomic E-state index is 5.05. The van der Waals surface area contributed by atoms with E-state index >= 15 is 0 Å². The normalized spacial score (nSPS) is 11.4. The van der Waals surface area contributed by atoms with E-state index < -0.39 is 0 Å². The van der Waals surface area contributed by atoms with Crippen LogP contribution in [0.3, 0.4) is 0 Å². The molecule has 0 radical (unpaired) electrons. The molecule has 2 rings (SSSR count). The summed E-state index contributed by atoms with van der Waals surface area (Å²) >= 11 is 1.70. The number of thiazole rings is 1. The Balaban J connectivity index is 1.80. The summed E-state index contributed by atoms with van der Waals surface area (Å²) < 4.78 is 10.00. The van der Waals surface area contributed by atoms with Gasteiger partial charge in [0.15, 0.2) is 5.82 Å². The molecule has 0 aliphatic carbocycles. The van der Waals surface area contributed by atoms with Crippen LogP contribution in [0.1, 0.15) is 22.3 Å². The molecule has 2 aromatic rings. The van der Waals surface area contributed by atoms with Gasteiger partial charge in [0.2, 0.25) is 0 Å². The second-order valence-electron chi connectivity index (χ2n) is 4.39. The van der Waals surface area contributed by atoms with Gasteiger partial charge in [-0.05, 0) is 20.4 Å². The number of ether oxygens (including phenoxy) is 1. The number of hydrogen-bond acceptors (Lipinski definition) is 7. The molecular formula is C12H18N4O2S. The summed E-state index contributed by atoms with van der Waals surface area (Å²) in [5, 5.41) is 3.92. The van der Waals surface area contributed by atoms with E-state index in [0.717, 1.165) is 18.7 Å². The van der Waals surface area contributed by atoms with Crippen molar-refractivity contribution in [3.8, 4) is 0 Å². The lowest BCUT2D eigenvalue weighted by atomic mass is 10.3. The van der Waals surface area contributed by atoms with Gasteiger partial charge < -0.3 is 9.26 Å². The molecule has 0 aromatic carbocycles. The van der Waals surface area contributed by atoms with Crippen LogP contribution >= 0.6 is 11.3 Å². The van der Waals surface area contributed by atoms with Crippen LogP contribution in [-0.4, -0.2) is 40.7 Å². The van der Waals surface area contributed by atoms with Gasteiger partial charge in [0.25, 0.3) is 5.89 Å². The predicted molar refractivity (Wildman–Crippen MR) is 71.9 cm³/mol. The standard InChI is InChI=1S/C12H18N4O2S/c1-9-10(19-8-13-9)4-5-16(2)6-11-14-12(7-17-3)18-15-11/h8H,4-7H2,1-3H3. The number of hydrogen-bond donors (Lipinski definition) is 0. The van der Waals surface area contributed by atoms with Crippen LogP contribution in [0.25, 0.3) is 0 Å². The Labute approximate surface area is 116 Å². The molecule has 7 heteroatoms. The van der Waals surface area contributed by atoms with Crippen molar-refractivity contribution in [3.05, 3.63) is 27.8 Å². The van der Waals surface area contributed by atoms with Gasteiger partial charge in [-0.15, -0.1) is 11.3 Å². The summed E-state index contributed by atoms with van der Waals surface area (Å²) in [6.45, 7) is 4.01. The molecule has 0 bridgehead atoms. The Morgan fingerprint density at radius 2 is 2.32 bits per heavy atom. The van der Waals surface area contributed by atoms with Gasteiger partial charge in [0.1, 0.15) is 6.61 Å². The van der Waals surface area contributed by atoms with Crippen molar-refractivity contribution in [2.24, 2.45) is 0 Å². The summed E-state index contributed by atoms with van der Waals surface area (Å²) in [5.74, 6) is 1.21.